The van der Waals surface area contributed by atoms with E-state index in [0.29, 0.717) is 34.6 Å². The molecule has 0 spiro atoms. The number of para-hydroxylation sites is 2. The molecule has 1 atom stereocenters. The molecule has 1 aliphatic heterocycles. The first-order valence-corrected chi connectivity index (χ1v) is 8.57. The second-order valence-electron chi connectivity index (χ2n) is 6.21. The Balaban J connectivity index is 1.91. The highest BCUT2D eigenvalue weighted by atomic mass is 16.5. The van der Waals surface area contributed by atoms with E-state index in [0.717, 1.165) is 16.6 Å². The van der Waals surface area contributed by atoms with E-state index in [1.165, 1.54) is 0 Å². The zero-order valence-corrected chi connectivity index (χ0v) is 15.7. The first kappa shape index (κ1) is 17.5. The van der Waals surface area contributed by atoms with Gasteiger partial charge in [-0.05, 0) is 29.8 Å². The largest absolute Gasteiger partial charge is 0.493 e. The van der Waals surface area contributed by atoms with Crippen LogP contribution < -0.4 is 25.3 Å². The monoisotopic (exact) mass is 377 g/mol. The highest BCUT2D eigenvalue weighted by molar-refractivity contribution is 5.85. The van der Waals surface area contributed by atoms with Gasteiger partial charge in [0.1, 0.15) is 11.9 Å². The van der Waals surface area contributed by atoms with Crippen molar-refractivity contribution in [2.45, 2.75) is 6.04 Å². The van der Waals surface area contributed by atoms with E-state index in [1.54, 1.807) is 38.0 Å². The SMILES string of the molecule is COc1cc(C2Nc3nc4ccccc4n3C(N)=C2C#N)cc(OC)c1OC. The minimum atomic E-state index is -0.511. The van der Waals surface area contributed by atoms with Gasteiger partial charge >= 0.3 is 0 Å². The molecule has 3 N–H and O–H groups in total. The van der Waals surface area contributed by atoms with Crippen LogP contribution in [0.5, 0.6) is 17.2 Å². The molecule has 8 nitrogen and oxygen atoms in total. The average Bonchev–Trinajstić information content (AvgIpc) is 3.11. The Hall–Kier alpha value is -3.86. The molecule has 0 saturated heterocycles. The number of benzene rings is 2. The molecule has 2 heterocycles. The number of methoxy groups -OCH3 is 3. The summed E-state index contributed by atoms with van der Waals surface area (Å²) in [5.41, 5.74) is 9.13. The van der Waals surface area contributed by atoms with Crippen LogP contribution in [0.15, 0.2) is 42.0 Å². The molecule has 1 aromatic heterocycles. The fourth-order valence-electron chi connectivity index (χ4n) is 3.48. The molecule has 0 radical (unpaired) electrons. The van der Waals surface area contributed by atoms with Gasteiger partial charge in [-0.15, -0.1) is 0 Å². The van der Waals surface area contributed by atoms with Crippen molar-refractivity contribution in [1.29, 1.82) is 5.26 Å². The molecule has 0 saturated carbocycles. The maximum atomic E-state index is 9.83. The third-order valence-electron chi connectivity index (χ3n) is 4.78. The van der Waals surface area contributed by atoms with Gasteiger partial charge in [-0.3, -0.25) is 4.57 Å². The Morgan fingerprint density at radius 2 is 1.79 bits per heavy atom. The maximum absolute atomic E-state index is 9.83. The van der Waals surface area contributed by atoms with Crippen molar-refractivity contribution < 1.29 is 14.2 Å². The van der Waals surface area contributed by atoms with Crippen LogP contribution in [0.2, 0.25) is 0 Å². The topological polar surface area (TPSA) is 107 Å². The van der Waals surface area contributed by atoms with Crippen molar-refractivity contribution in [3.05, 3.63) is 47.5 Å². The van der Waals surface area contributed by atoms with Gasteiger partial charge in [-0.2, -0.15) is 5.26 Å². The van der Waals surface area contributed by atoms with Gasteiger partial charge in [0.25, 0.3) is 0 Å². The normalized spacial score (nSPS) is 15.6. The lowest BCUT2D eigenvalue weighted by molar-refractivity contribution is 0.323. The summed E-state index contributed by atoms with van der Waals surface area (Å²) in [6.07, 6.45) is 0. The fraction of sp³-hybridized carbons (Fsp3) is 0.200. The third kappa shape index (κ3) is 2.48. The number of anilines is 1. The van der Waals surface area contributed by atoms with Gasteiger partial charge in [-0.1, -0.05) is 12.1 Å². The number of fused-ring (bicyclic) bond motifs is 3. The average molecular weight is 377 g/mol. The van der Waals surface area contributed by atoms with E-state index in [-0.39, 0.29) is 0 Å². The summed E-state index contributed by atoms with van der Waals surface area (Å²) < 4.78 is 18.0. The predicted octanol–water partition coefficient (Wildman–Crippen LogP) is 2.88. The third-order valence-corrected chi connectivity index (χ3v) is 4.78. The Labute approximate surface area is 161 Å². The van der Waals surface area contributed by atoms with Gasteiger partial charge in [0, 0.05) is 0 Å². The standard InChI is InChI=1S/C20H19N5O3/c1-26-15-8-11(9-16(27-2)18(15)28-3)17-12(10-21)19(22)25-14-7-5-4-6-13(14)23-20(25)24-17/h4-9,17H,22H2,1-3H3,(H,23,24). The molecule has 0 amide bonds. The molecular formula is C20H19N5O3. The zero-order valence-electron chi connectivity index (χ0n) is 15.7. The lowest BCUT2D eigenvalue weighted by Crippen LogP contribution is -2.26. The number of aromatic nitrogens is 2. The summed E-state index contributed by atoms with van der Waals surface area (Å²) in [6, 6.07) is 12.9. The van der Waals surface area contributed by atoms with Crippen molar-refractivity contribution in [2.24, 2.45) is 5.73 Å². The first-order valence-electron chi connectivity index (χ1n) is 8.57. The summed E-state index contributed by atoms with van der Waals surface area (Å²) >= 11 is 0. The van der Waals surface area contributed by atoms with Crippen molar-refractivity contribution >= 4 is 22.8 Å². The van der Waals surface area contributed by atoms with Crippen molar-refractivity contribution in [3.63, 3.8) is 0 Å². The van der Waals surface area contributed by atoms with Gasteiger partial charge in [0.15, 0.2) is 11.5 Å². The van der Waals surface area contributed by atoms with E-state index in [1.807, 2.05) is 24.3 Å². The van der Waals surface area contributed by atoms with Crippen LogP contribution in [0.3, 0.4) is 0 Å². The van der Waals surface area contributed by atoms with Crippen LogP contribution in [0.4, 0.5) is 5.95 Å². The summed E-state index contributed by atoms with van der Waals surface area (Å²) in [6.45, 7) is 0. The van der Waals surface area contributed by atoms with Crippen molar-refractivity contribution in [1.82, 2.24) is 9.55 Å². The van der Waals surface area contributed by atoms with E-state index in [9.17, 15) is 5.26 Å². The second-order valence-corrected chi connectivity index (χ2v) is 6.21. The highest BCUT2D eigenvalue weighted by Gasteiger charge is 2.31. The summed E-state index contributed by atoms with van der Waals surface area (Å²) in [4.78, 5) is 4.61. The quantitative estimate of drug-likeness (QED) is 0.720. The number of ether oxygens (including phenoxy) is 3. The number of rotatable bonds is 4. The zero-order chi connectivity index (χ0) is 19.8. The highest BCUT2D eigenvalue weighted by Crippen LogP contribution is 2.43. The van der Waals surface area contributed by atoms with Crippen LogP contribution in [0.1, 0.15) is 11.6 Å². The number of nitrogens with zero attached hydrogens (tertiary/aromatic N) is 3. The lowest BCUT2D eigenvalue weighted by atomic mass is 9.97. The number of hydrogen-bond acceptors (Lipinski definition) is 7. The molecule has 1 aliphatic rings. The molecule has 0 aliphatic carbocycles. The smallest absolute Gasteiger partial charge is 0.210 e. The molecule has 0 bridgehead atoms. The van der Waals surface area contributed by atoms with Crippen molar-refractivity contribution in [2.75, 3.05) is 26.6 Å². The summed E-state index contributed by atoms with van der Waals surface area (Å²) in [5.74, 6) is 2.37. The molecular weight excluding hydrogens is 358 g/mol. The van der Waals surface area contributed by atoms with Crippen LogP contribution >= 0.6 is 0 Å². The van der Waals surface area contributed by atoms with E-state index in [2.05, 4.69) is 16.4 Å². The summed E-state index contributed by atoms with van der Waals surface area (Å²) in [7, 11) is 4.63. The Bertz CT molecular complexity index is 1120. The number of imidazole rings is 1. The molecule has 2 aromatic carbocycles. The molecule has 1 unspecified atom stereocenters. The second kappa shape index (κ2) is 6.70. The van der Waals surface area contributed by atoms with Crippen LogP contribution in [0.25, 0.3) is 16.9 Å². The van der Waals surface area contributed by atoms with Gasteiger partial charge in [0.05, 0.1) is 44.0 Å². The van der Waals surface area contributed by atoms with E-state index in [4.69, 9.17) is 19.9 Å². The maximum Gasteiger partial charge on any atom is 0.210 e. The van der Waals surface area contributed by atoms with Crippen LogP contribution in [-0.2, 0) is 0 Å². The van der Waals surface area contributed by atoms with Crippen LogP contribution in [0, 0.1) is 11.3 Å². The summed E-state index contributed by atoms with van der Waals surface area (Å²) in [5, 5.41) is 13.1. The predicted molar refractivity (Wildman–Crippen MR) is 105 cm³/mol. The molecule has 4 rings (SSSR count). The molecule has 0 fully saturated rings. The number of nitrogens with two attached hydrogens (primary N) is 1. The molecule has 28 heavy (non-hydrogen) atoms. The Kier molecular flexibility index (Phi) is 4.20. The van der Waals surface area contributed by atoms with Gasteiger partial charge < -0.3 is 25.3 Å². The van der Waals surface area contributed by atoms with Gasteiger partial charge in [0.2, 0.25) is 11.7 Å². The van der Waals surface area contributed by atoms with E-state index < -0.39 is 6.04 Å². The number of nitrogens with one attached hydrogen (secondary N) is 1. The van der Waals surface area contributed by atoms with Crippen LogP contribution in [-0.4, -0.2) is 30.9 Å². The molecule has 8 heteroatoms. The van der Waals surface area contributed by atoms with Crippen molar-refractivity contribution in [3.8, 4) is 23.3 Å². The number of hydrogen-bond donors (Lipinski definition) is 2. The Morgan fingerprint density at radius 1 is 1.11 bits per heavy atom. The minimum Gasteiger partial charge on any atom is -0.493 e. The minimum absolute atomic E-state index is 0.337. The van der Waals surface area contributed by atoms with Gasteiger partial charge in [-0.25, -0.2) is 4.98 Å². The molecule has 3 aromatic rings. The first-order chi connectivity index (χ1) is 13.6. The van der Waals surface area contributed by atoms with E-state index >= 15 is 0 Å². The Morgan fingerprint density at radius 3 is 2.39 bits per heavy atom. The molecule has 142 valence electrons. The lowest BCUT2D eigenvalue weighted by Gasteiger charge is -2.27. The fourth-order valence-corrected chi connectivity index (χ4v) is 3.48. The number of nitriles is 1.